The van der Waals surface area contributed by atoms with Crippen LogP contribution < -0.4 is 4.90 Å². The Kier molecular flexibility index (Phi) is 3.34. The minimum absolute atomic E-state index is 0.0178. The van der Waals surface area contributed by atoms with Crippen LogP contribution in [0.2, 0.25) is 0 Å². The minimum Gasteiger partial charge on any atom is -0.308 e. The number of amides is 1. The van der Waals surface area contributed by atoms with Crippen LogP contribution in [0.3, 0.4) is 0 Å². The lowest BCUT2D eigenvalue weighted by Crippen LogP contribution is -2.43. The van der Waals surface area contributed by atoms with Crippen LogP contribution >= 0.6 is 0 Å². The first kappa shape index (κ1) is 13.0. The quantitative estimate of drug-likeness (QED) is 0.765. The molecule has 1 aliphatic rings. The van der Waals surface area contributed by atoms with Crippen molar-refractivity contribution >= 4 is 28.2 Å². The van der Waals surface area contributed by atoms with Crippen LogP contribution in [0.1, 0.15) is 31.1 Å². The van der Waals surface area contributed by atoms with Crippen molar-refractivity contribution in [3.8, 4) is 0 Å². The molecule has 5 heteroatoms. The van der Waals surface area contributed by atoms with Gasteiger partial charge in [-0.1, -0.05) is 6.07 Å². The molecule has 0 bridgehead atoms. The first-order chi connectivity index (χ1) is 8.41. The first-order valence-electron chi connectivity index (χ1n) is 5.77. The van der Waals surface area contributed by atoms with E-state index < -0.39 is 10.8 Å². The maximum absolute atomic E-state index is 11.9. The maximum Gasteiger partial charge on any atom is 0.240 e. The number of benzene rings is 1. The van der Waals surface area contributed by atoms with Gasteiger partial charge in [0.05, 0.1) is 21.4 Å². The van der Waals surface area contributed by atoms with Crippen molar-refractivity contribution in [1.29, 1.82) is 0 Å². The predicted molar refractivity (Wildman–Crippen MR) is 70.3 cm³/mol. The Hall–Kier alpha value is -1.49. The average Bonchev–Trinajstić information content (AvgIpc) is 2.27. The van der Waals surface area contributed by atoms with Gasteiger partial charge in [-0.2, -0.15) is 0 Å². The molecule has 1 amide bonds. The summed E-state index contributed by atoms with van der Waals surface area (Å²) in [4.78, 5) is 25.6. The molecule has 1 atom stereocenters. The monoisotopic (exact) mass is 265 g/mol. The summed E-state index contributed by atoms with van der Waals surface area (Å²) >= 11 is 0. The number of ketones is 1. The molecule has 0 radical (unpaired) electrons. The summed E-state index contributed by atoms with van der Waals surface area (Å²) in [6.07, 6.45) is 0. The lowest BCUT2D eigenvalue weighted by Gasteiger charge is -2.32. The van der Waals surface area contributed by atoms with Crippen molar-refractivity contribution in [2.75, 3.05) is 10.7 Å². The van der Waals surface area contributed by atoms with Gasteiger partial charge in [-0.15, -0.1) is 0 Å². The third-order valence-corrected chi connectivity index (χ3v) is 4.25. The highest BCUT2D eigenvalue weighted by Crippen LogP contribution is 2.31. The highest BCUT2D eigenvalue weighted by molar-refractivity contribution is 7.86. The van der Waals surface area contributed by atoms with Crippen molar-refractivity contribution in [3.63, 3.8) is 0 Å². The zero-order valence-electron chi connectivity index (χ0n) is 10.6. The Morgan fingerprint density at radius 2 is 2.06 bits per heavy atom. The summed E-state index contributed by atoms with van der Waals surface area (Å²) in [5.74, 6) is -0.202. The van der Waals surface area contributed by atoms with Crippen LogP contribution in [0.25, 0.3) is 0 Å². The zero-order chi connectivity index (χ0) is 13.4. The van der Waals surface area contributed by atoms with E-state index in [9.17, 15) is 13.8 Å². The minimum atomic E-state index is -1.31. The van der Waals surface area contributed by atoms with E-state index >= 15 is 0 Å². The van der Waals surface area contributed by atoms with Gasteiger partial charge >= 0.3 is 0 Å². The predicted octanol–water partition coefficient (Wildman–Crippen LogP) is 1.75. The maximum atomic E-state index is 11.9. The standard InChI is InChI=1S/C13H15NO3S/c1-8(2)14-11-6-10(9(3)15)4-5-12(11)18(17)7-13(14)16/h4-6,8H,7H2,1-3H3. The van der Waals surface area contributed by atoms with Crippen molar-refractivity contribution in [2.45, 2.75) is 31.7 Å². The number of rotatable bonds is 2. The van der Waals surface area contributed by atoms with Gasteiger partial charge in [0.15, 0.2) is 5.78 Å². The van der Waals surface area contributed by atoms with Crippen molar-refractivity contribution in [2.24, 2.45) is 0 Å². The molecule has 0 saturated heterocycles. The molecule has 1 aliphatic heterocycles. The molecule has 2 rings (SSSR count). The number of fused-ring (bicyclic) bond motifs is 1. The lowest BCUT2D eigenvalue weighted by atomic mass is 10.1. The second-order valence-corrected chi connectivity index (χ2v) is 6.01. The molecule has 1 aromatic rings. The average molecular weight is 265 g/mol. The Morgan fingerprint density at radius 3 is 2.61 bits per heavy atom. The van der Waals surface area contributed by atoms with Crippen LogP contribution in [0.15, 0.2) is 23.1 Å². The Balaban J connectivity index is 2.62. The van der Waals surface area contributed by atoms with Crippen LogP contribution in [-0.4, -0.2) is 27.7 Å². The second-order valence-electron chi connectivity index (χ2n) is 4.59. The van der Waals surface area contributed by atoms with Gasteiger partial charge in [0.2, 0.25) is 5.91 Å². The van der Waals surface area contributed by atoms with E-state index in [0.717, 1.165) is 0 Å². The number of Topliss-reactive ketones (excluding diaryl/α,β-unsaturated/α-hetero) is 1. The van der Waals surface area contributed by atoms with E-state index in [1.807, 2.05) is 13.8 Å². The molecule has 18 heavy (non-hydrogen) atoms. The Morgan fingerprint density at radius 1 is 1.39 bits per heavy atom. The molecule has 0 spiro atoms. The smallest absolute Gasteiger partial charge is 0.240 e. The molecule has 96 valence electrons. The second kappa shape index (κ2) is 4.65. The van der Waals surface area contributed by atoms with Crippen molar-refractivity contribution in [1.82, 2.24) is 0 Å². The summed E-state index contributed by atoms with van der Waals surface area (Å²) in [5.41, 5.74) is 1.14. The summed E-state index contributed by atoms with van der Waals surface area (Å²) in [5, 5.41) is 0. The molecular formula is C13H15NO3S. The van der Waals surface area contributed by atoms with E-state index in [-0.39, 0.29) is 23.5 Å². The molecule has 0 fully saturated rings. The summed E-state index contributed by atoms with van der Waals surface area (Å²) in [7, 11) is -1.31. The van der Waals surface area contributed by atoms with E-state index in [1.165, 1.54) is 6.92 Å². The highest BCUT2D eigenvalue weighted by Gasteiger charge is 2.31. The molecule has 1 unspecified atom stereocenters. The number of hydrogen-bond acceptors (Lipinski definition) is 3. The van der Waals surface area contributed by atoms with Crippen LogP contribution in [0.4, 0.5) is 5.69 Å². The summed E-state index contributed by atoms with van der Waals surface area (Å²) in [6.45, 7) is 5.27. The molecule has 1 heterocycles. The molecule has 0 aromatic heterocycles. The van der Waals surface area contributed by atoms with Gasteiger partial charge in [-0.05, 0) is 32.9 Å². The van der Waals surface area contributed by atoms with Gasteiger partial charge in [-0.25, -0.2) is 0 Å². The normalized spacial score (nSPS) is 19.0. The van der Waals surface area contributed by atoms with Gasteiger partial charge in [0.25, 0.3) is 0 Å². The van der Waals surface area contributed by atoms with E-state index in [4.69, 9.17) is 0 Å². The first-order valence-corrected chi connectivity index (χ1v) is 7.09. The van der Waals surface area contributed by atoms with E-state index in [2.05, 4.69) is 0 Å². The van der Waals surface area contributed by atoms with Crippen molar-refractivity contribution in [3.05, 3.63) is 23.8 Å². The van der Waals surface area contributed by atoms with Crippen molar-refractivity contribution < 1.29 is 13.8 Å². The van der Waals surface area contributed by atoms with Gasteiger partial charge < -0.3 is 4.90 Å². The number of hydrogen-bond donors (Lipinski definition) is 0. The molecular weight excluding hydrogens is 250 g/mol. The Bertz CT molecular complexity index is 551. The fourth-order valence-electron chi connectivity index (χ4n) is 2.08. The molecule has 0 aliphatic carbocycles. The summed E-state index contributed by atoms with van der Waals surface area (Å²) in [6, 6.07) is 4.99. The number of carbonyl (C=O) groups excluding carboxylic acids is 2. The molecule has 1 aromatic carbocycles. The molecule has 0 saturated carbocycles. The fourth-order valence-corrected chi connectivity index (χ4v) is 3.21. The largest absolute Gasteiger partial charge is 0.308 e. The Labute approximate surface area is 108 Å². The molecule has 4 nitrogen and oxygen atoms in total. The number of anilines is 1. The van der Waals surface area contributed by atoms with Crippen LogP contribution in [0, 0.1) is 0 Å². The van der Waals surface area contributed by atoms with Crippen LogP contribution in [-0.2, 0) is 15.6 Å². The third-order valence-electron chi connectivity index (χ3n) is 2.91. The highest BCUT2D eigenvalue weighted by atomic mass is 32.2. The fraction of sp³-hybridized carbons (Fsp3) is 0.385. The van der Waals surface area contributed by atoms with E-state index in [1.54, 1.807) is 23.1 Å². The van der Waals surface area contributed by atoms with Crippen LogP contribution in [0.5, 0.6) is 0 Å². The van der Waals surface area contributed by atoms with E-state index in [0.29, 0.717) is 16.1 Å². The lowest BCUT2D eigenvalue weighted by molar-refractivity contribution is -0.116. The SMILES string of the molecule is CC(=O)c1ccc2c(c1)N(C(C)C)C(=O)CS2=O. The number of nitrogens with zero attached hydrogens (tertiary/aromatic N) is 1. The topological polar surface area (TPSA) is 54.5 Å². The summed E-state index contributed by atoms with van der Waals surface area (Å²) < 4.78 is 11.9. The van der Waals surface area contributed by atoms with Gasteiger partial charge in [0, 0.05) is 11.6 Å². The third kappa shape index (κ3) is 2.10. The zero-order valence-corrected chi connectivity index (χ0v) is 11.4. The van der Waals surface area contributed by atoms with Gasteiger partial charge in [-0.3, -0.25) is 13.8 Å². The molecule has 0 N–H and O–H groups in total. The number of carbonyl (C=O) groups is 2. The van der Waals surface area contributed by atoms with Gasteiger partial charge in [0.1, 0.15) is 5.75 Å².